The number of nitrogens with zero attached hydrogens (tertiary/aromatic N) is 5. The number of aromatic amines is 1. The predicted octanol–water partition coefficient (Wildman–Crippen LogP) is 6.31. The van der Waals surface area contributed by atoms with E-state index in [1.54, 1.807) is 18.0 Å². The molecule has 10 heteroatoms. The number of nitrogens with two attached hydrogens (primary N) is 2. The van der Waals surface area contributed by atoms with E-state index in [1.807, 2.05) is 12.4 Å². The molecule has 2 saturated heterocycles. The Morgan fingerprint density at radius 2 is 1.88 bits per heavy atom. The van der Waals surface area contributed by atoms with Gasteiger partial charge in [-0.3, -0.25) is 15.5 Å². The van der Waals surface area contributed by atoms with E-state index in [0.717, 1.165) is 65.9 Å². The average Bonchev–Trinajstić information content (AvgIpc) is 3.29. The molecule has 6 N–H and O–H groups in total. The Labute approximate surface area is 247 Å². The molecule has 2 aromatic heterocycles. The summed E-state index contributed by atoms with van der Waals surface area (Å²) in [6, 6.07) is 4.93. The van der Waals surface area contributed by atoms with Gasteiger partial charge >= 0.3 is 0 Å². The second-order valence-electron chi connectivity index (χ2n) is 11.3. The summed E-state index contributed by atoms with van der Waals surface area (Å²) in [5.74, 6) is 1.68. The number of H-pyrrole nitrogens is 1. The van der Waals surface area contributed by atoms with Crippen LogP contribution in [0.5, 0.6) is 0 Å². The van der Waals surface area contributed by atoms with Gasteiger partial charge in [0.25, 0.3) is 0 Å². The van der Waals surface area contributed by atoms with E-state index in [4.69, 9.17) is 26.8 Å². The van der Waals surface area contributed by atoms with E-state index in [0.29, 0.717) is 29.7 Å². The Kier molecular flexibility index (Phi) is 9.59. The zero-order chi connectivity index (χ0) is 28.8. The SMILES string of the molecule is CCC=C(C(N)=NC=N)N1C2CC[C@H]1CC(c1nc(N)c(-c3ccc(C4CCCCC4)nc3)cn[nH]cc1SC)C2. The molecule has 0 aromatic carbocycles. The number of amidine groups is 1. The highest BCUT2D eigenvalue weighted by Crippen LogP contribution is 2.46. The number of piperidine rings is 1. The van der Waals surface area contributed by atoms with Crippen LogP contribution in [0.3, 0.4) is 0 Å². The molecule has 3 atom stereocenters. The van der Waals surface area contributed by atoms with Gasteiger partial charge in [0.1, 0.15) is 18.0 Å². The second kappa shape index (κ2) is 13.5. The third-order valence-corrected chi connectivity index (χ3v) is 9.60. The highest BCUT2D eigenvalue weighted by atomic mass is 32.2. The number of thioether (sulfide) groups is 1. The summed E-state index contributed by atoms with van der Waals surface area (Å²) in [7, 11) is 0. The van der Waals surface area contributed by atoms with Gasteiger partial charge in [0.15, 0.2) is 0 Å². The fourth-order valence-corrected chi connectivity index (χ4v) is 7.52. The molecule has 0 spiro atoms. The summed E-state index contributed by atoms with van der Waals surface area (Å²) in [4.78, 5) is 17.6. The van der Waals surface area contributed by atoms with E-state index in [-0.39, 0.29) is 5.92 Å². The quantitative estimate of drug-likeness (QED) is 0.164. The van der Waals surface area contributed by atoms with Crippen molar-refractivity contribution in [2.24, 2.45) is 10.7 Å². The summed E-state index contributed by atoms with van der Waals surface area (Å²) >= 11 is 1.66. The lowest BCUT2D eigenvalue weighted by molar-refractivity contribution is 0.175. The summed E-state index contributed by atoms with van der Waals surface area (Å²) in [5, 5.41) is 15.0. The third kappa shape index (κ3) is 6.42. The molecule has 2 aliphatic heterocycles. The number of hydrogen-bond donors (Lipinski definition) is 4. The summed E-state index contributed by atoms with van der Waals surface area (Å²) in [6.45, 7) is 2.11. The maximum absolute atomic E-state index is 7.41. The van der Waals surface area contributed by atoms with Crippen molar-refractivity contribution in [3.05, 3.63) is 53.9 Å². The lowest BCUT2D eigenvalue weighted by atomic mass is 9.86. The maximum Gasteiger partial charge on any atom is 0.148 e. The van der Waals surface area contributed by atoms with Crippen LogP contribution in [0, 0.1) is 5.41 Å². The number of fused-ring (bicyclic) bond motifs is 2. The van der Waals surface area contributed by atoms with Gasteiger partial charge < -0.3 is 16.4 Å². The lowest BCUT2D eigenvalue weighted by Crippen LogP contribution is -2.45. The second-order valence-corrected chi connectivity index (χ2v) is 12.2. The van der Waals surface area contributed by atoms with Gasteiger partial charge in [0, 0.05) is 58.0 Å². The maximum atomic E-state index is 7.41. The van der Waals surface area contributed by atoms with Crippen LogP contribution >= 0.6 is 11.8 Å². The van der Waals surface area contributed by atoms with Crippen LogP contribution in [0.2, 0.25) is 0 Å². The molecule has 2 bridgehead atoms. The largest absolute Gasteiger partial charge is 0.383 e. The Morgan fingerprint density at radius 3 is 2.51 bits per heavy atom. The highest BCUT2D eigenvalue weighted by molar-refractivity contribution is 7.98. The molecule has 2 aromatic rings. The van der Waals surface area contributed by atoms with Crippen LogP contribution in [-0.4, -0.2) is 55.6 Å². The molecular formula is C31H43N9S. The summed E-state index contributed by atoms with van der Waals surface area (Å²) < 4.78 is 0. The van der Waals surface area contributed by atoms with Crippen molar-refractivity contribution in [2.75, 3.05) is 12.0 Å². The molecule has 2 unspecified atom stereocenters. The molecule has 4 heterocycles. The van der Waals surface area contributed by atoms with Crippen molar-refractivity contribution in [3.8, 4) is 11.1 Å². The number of allylic oxidation sites excluding steroid dienone is 1. The third-order valence-electron chi connectivity index (χ3n) is 8.84. The molecule has 3 fully saturated rings. The molecule has 9 nitrogen and oxygen atoms in total. The zero-order valence-electron chi connectivity index (χ0n) is 24.2. The number of nitrogens with one attached hydrogen (secondary N) is 2. The minimum atomic E-state index is 0.248. The monoisotopic (exact) mass is 573 g/mol. The van der Waals surface area contributed by atoms with Crippen LogP contribution in [0.1, 0.15) is 94.4 Å². The number of rotatable bonds is 8. The fourth-order valence-electron chi connectivity index (χ4n) is 6.93. The van der Waals surface area contributed by atoms with Crippen molar-refractivity contribution in [1.29, 1.82) is 5.41 Å². The smallest absolute Gasteiger partial charge is 0.148 e. The van der Waals surface area contributed by atoms with Gasteiger partial charge in [-0.15, -0.1) is 11.8 Å². The first-order chi connectivity index (χ1) is 20.0. The summed E-state index contributed by atoms with van der Waals surface area (Å²) in [5.41, 5.74) is 17.9. The van der Waals surface area contributed by atoms with Gasteiger partial charge in [-0.1, -0.05) is 38.3 Å². The van der Waals surface area contributed by atoms with Crippen molar-refractivity contribution in [3.63, 3.8) is 0 Å². The zero-order valence-corrected chi connectivity index (χ0v) is 25.0. The van der Waals surface area contributed by atoms with E-state index >= 15 is 0 Å². The number of pyridine rings is 1. The van der Waals surface area contributed by atoms with Gasteiger partial charge in [0.05, 0.1) is 17.6 Å². The number of aromatic nitrogens is 4. The highest BCUT2D eigenvalue weighted by Gasteiger charge is 2.43. The Hall–Kier alpha value is -3.40. The minimum absolute atomic E-state index is 0.248. The minimum Gasteiger partial charge on any atom is -0.383 e. The van der Waals surface area contributed by atoms with E-state index < -0.39 is 0 Å². The molecule has 1 aliphatic carbocycles. The topological polar surface area (TPSA) is 146 Å². The molecule has 0 radical (unpaired) electrons. The molecule has 0 amide bonds. The van der Waals surface area contributed by atoms with Crippen LogP contribution < -0.4 is 11.5 Å². The Balaban J connectivity index is 1.47. The lowest BCUT2D eigenvalue weighted by Gasteiger charge is -2.41. The molecule has 41 heavy (non-hydrogen) atoms. The molecule has 1 saturated carbocycles. The summed E-state index contributed by atoms with van der Waals surface area (Å²) in [6.07, 6.45) is 22.2. The molecule has 5 rings (SSSR count). The first-order valence-electron chi connectivity index (χ1n) is 14.9. The van der Waals surface area contributed by atoms with Crippen molar-refractivity contribution in [1.82, 2.24) is 25.1 Å². The first kappa shape index (κ1) is 29.1. The van der Waals surface area contributed by atoms with Gasteiger partial charge in [-0.2, -0.15) is 5.10 Å². The standard InChI is InChI=1S/C31H43N9S/c1-3-7-27(31(34)36-19-32)40-23-11-12-24(40)15-22(14-23)29-28(41-2)18-38-37-17-25(30(33)39-29)21-10-13-26(35-16-21)20-8-5-4-6-9-20/h7,10,13,16-20,22-24,38H,3-6,8-9,11-12,14-15,33H2,1-2H3,(H3,32,34,36)/t22?,23-,24?/m0/s1. The van der Waals surface area contributed by atoms with Gasteiger partial charge in [0.2, 0.25) is 0 Å². The predicted molar refractivity (Wildman–Crippen MR) is 169 cm³/mol. The van der Waals surface area contributed by atoms with Crippen LogP contribution in [0.4, 0.5) is 5.82 Å². The fraction of sp³-hybridized carbons (Fsp3) is 0.516. The molecule has 3 aliphatic rings. The van der Waals surface area contributed by atoms with E-state index in [9.17, 15) is 0 Å². The van der Waals surface area contributed by atoms with E-state index in [1.165, 1.54) is 37.8 Å². The van der Waals surface area contributed by atoms with Gasteiger partial charge in [-0.25, -0.2) is 9.98 Å². The number of hydrogen-bond acceptors (Lipinski definition) is 7. The van der Waals surface area contributed by atoms with Crippen molar-refractivity contribution in [2.45, 2.75) is 99.9 Å². The normalized spacial score (nSPS) is 23.4. The molecule has 218 valence electrons. The number of anilines is 1. The average molecular weight is 574 g/mol. The van der Waals surface area contributed by atoms with Gasteiger partial charge in [-0.05, 0) is 57.3 Å². The van der Waals surface area contributed by atoms with Crippen LogP contribution in [0.25, 0.3) is 11.1 Å². The van der Waals surface area contributed by atoms with Crippen LogP contribution in [0.15, 0.2) is 52.4 Å². The first-order valence-corrected chi connectivity index (χ1v) is 16.1. The Morgan fingerprint density at radius 1 is 1.12 bits per heavy atom. The van der Waals surface area contributed by atoms with Crippen molar-refractivity contribution < 1.29 is 0 Å². The van der Waals surface area contributed by atoms with E-state index in [2.05, 4.69) is 51.5 Å². The van der Waals surface area contributed by atoms with Crippen LogP contribution in [-0.2, 0) is 0 Å². The Bertz CT molecular complexity index is 1310. The van der Waals surface area contributed by atoms with Crippen molar-refractivity contribution >= 4 is 29.8 Å². The molecular weight excluding hydrogens is 530 g/mol. The number of nitrogen functional groups attached to an aromatic ring is 1. The number of aliphatic imine (C=N–C) groups is 1.